The number of hydrogen-bond donors (Lipinski definition) is 1. The summed E-state index contributed by atoms with van der Waals surface area (Å²) in [5.74, 6) is 0.388. The van der Waals surface area contributed by atoms with Crippen molar-refractivity contribution in [3.05, 3.63) is 48.3 Å². The van der Waals surface area contributed by atoms with Crippen molar-refractivity contribution in [2.24, 2.45) is 0 Å². The predicted molar refractivity (Wildman–Crippen MR) is 84.4 cm³/mol. The van der Waals surface area contributed by atoms with E-state index in [4.69, 9.17) is 5.73 Å². The maximum absolute atomic E-state index is 14.1. The Morgan fingerprint density at radius 2 is 1.95 bits per heavy atom. The Kier molecular flexibility index (Phi) is 3.60. The number of imidazole rings is 1. The van der Waals surface area contributed by atoms with Gasteiger partial charge in [0.1, 0.15) is 17.2 Å². The van der Waals surface area contributed by atoms with Crippen LogP contribution in [-0.4, -0.2) is 9.55 Å². The van der Waals surface area contributed by atoms with Gasteiger partial charge in [-0.05, 0) is 30.7 Å². The summed E-state index contributed by atoms with van der Waals surface area (Å²) in [6.45, 7) is 2.94. The Morgan fingerprint density at radius 3 is 2.71 bits per heavy atom. The number of fused-ring (bicyclic) bond motifs is 1. The molecule has 1 heterocycles. The van der Waals surface area contributed by atoms with Crippen LogP contribution in [0, 0.1) is 5.82 Å². The van der Waals surface area contributed by atoms with Crippen molar-refractivity contribution >= 4 is 16.7 Å². The van der Waals surface area contributed by atoms with Crippen LogP contribution in [0.1, 0.15) is 19.8 Å². The molecule has 3 rings (SSSR count). The molecule has 0 radical (unpaired) electrons. The molecular weight excluding hydrogens is 265 g/mol. The van der Waals surface area contributed by atoms with Crippen molar-refractivity contribution in [2.75, 3.05) is 5.73 Å². The first-order chi connectivity index (χ1) is 10.2. The normalized spacial score (nSPS) is 11.1. The van der Waals surface area contributed by atoms with Crippen molar-refractivity contribution < 1.29 is 4.39 Å². The van der Waals surface area contributed by atoms with Crippen molar-refractivity contribution in [2.45, 2.75) is 26.3 Å². The molecule has 0 amide bonds. The number of nitrogens with two attached hydrogens (primary N) is 1. The Hall–Kier alpha value is -2.36. The summed E-state index contributed by atoms with van der Waals surface area (Å²) in [5, 5.41) is 0. The largest absolute Gasteiger partial charge is 0.397 e. The van der Waals surface area contributed by atoms with E-state index in [1.54, 1.807) is 12.1 Å². The number of para-hydroxylation sites is 1. The van der Waals surface area contributed by atoms with Gasteiger partial charge in [0.15, 0.2) is 0 Å². The highest BCUT2D eigenvalue weighted by atomic mass is 19.1. The maximum Gasteiger partial charge on any atom is 0.144 e. The fraction of sp³-hybridized carbons (Fsp3) is 0.235. The SMILES string of the molecule is CCCCn1c(-c2ccccc2F)nc2c(N)cccc21. The van der Waals surface area contributed by atoms with Gasteiger partial charge in [0, 0.05) is 6.54 Å². The zero-order chi connectivity index (χ0) is 14.8. The summed E-state index contributed by atoms with van der Waals surface area (Å²) >= 11 is 0. The number of rotatable bonds is 4. The second-order valence-electron chi connectivity index (χ2n) is 5.14. The van der Waals surface area contributed by atoms with Crippen molar-refractivity contribution in [3.63, 3.8) is 0 Å². The second-order valence-corrected chi connectivity index (χ2v) is 5.14. The molecule has 0 aliphatic carbocycles. The zero-order valence-electron chi connectivity index (χ0n) is 12.0. The highest BCUT2D eigenvalue weighted by molar-refractivity contribution is 5.90. The summed E-state index contributed by atoms with van der Waals surface area (Å²) in [6, 6.07) is 12.4. The van der Waals surface area contributed by atoms with E-state index in [1.165, 1.54) is 6.07 Å². The molecule has 2 N–H and O–H groups in total. The molecule has 0 saturated carbocycles. The number of benzene rings is 2. The van der Waals surface area contributed by atoms with E-state index in [1.807, 2.05) is 24.3 Å². The number of hydrogen-bond acceptors (Lipinski definition) is 2. The first kappa shape index (κ1) is 13.6. The van der Waals surface area contributed by atoms with Crippen molar-refractivity contribution in [1.29, 1.82) is 0 Å². The molecule has 0 aliphatic rings. The molecule has 0 spiro atoms. The number of aryl methyl sites for hydroxylation is 1. The van der Waals surface area contributed by atoms with Gasteiger partial charge in [0.05, 0.1) is 16.8 Å². The van der Waals surface area contributed by atoms with E-state index in [0.29, 0.717) is 17.1 Å². The van der Waals surface area contributed by atoms with Crippen LogP contribution in [0.25, 0.3) is 22.4 Å². The van der Waals surface area contributed by atoms with Crippen LogP contribution in [0.15, 0.2) is 42.5 Å². The Morgan fingerprint density at radius 1 is 1.14 bits per heavy atom. The summed E-state index contributed by atoms with van der Waals surface area (Å²) < 4.78 is 16.2. The van der Waals surface area contributed by atoms with Crippen LogP contribution in [0.2, 0.25) is 0 Å². The van der Waals surface area contributed by atoms with Gasteiger partial charge in [-0.1, -0.05) is 31.5 Å². The molecule has 0 bridgehead atoms. The Balaban J connectivity index is 2.26. The lowest BCUT2D eigenvalue weighted by Crippen LogP contribution is -2.01. The number of unbranched alkanes of at least 4 members (excludes halogenated alkanes) is 1. The van der Waals surface area contributed by atoms with Gasteiger partial charge in [-0.15, -0.1) is 0 Å². The van der Waals surface area contributed by atoms with E-state index >= 15 is 0 Å². The van der Waals surface area contributed by atoms with E-state index in [9.17, 15) is 4.39 Å². The van der Waals surface area contributed by atoms with Gasteiger partial charge in [-0.25, -0.2) is 9.37 Å². The summed E-state index contributed by atoms with van der Waals surface area (Å²) in [7, 11) is 0. The van der Waals surface area contributed by atoms with E-state index in [0.717, 1.165) is 30.4 Å². The molecule has 1 aromatic heterocycles. The molecule has 0 unspecified atom stereocenters. The molecule has 4 heteroatoms. The minimum absolute atomic E-state index is 0.260. The molecule has 0 atom stereocenters. The van der Waals surface area contributed by atoms with E-state index in [-0.39, 0.29) is 5.82 Å². The van der Waals surface area contributed by atoms with E-state index < -0.39 is 0 Å². The molecule has 2 aromatic carbocycles. The lowest BCUT2D eigenvalue weighted by molar-refractivity contribution is 0.620. The average molecular weight is 283 g/mol. The van der Waals surface area contributed by atoms with Gasteiger partial charge in [-0.2, -0.15) is 0 Å². The molecule has 108 valence electrons. The fourth-order valence-electron chi connectivity index (χ4n) is 2.56. The molecule has 3 aromatic rings. The third-order valence-corrected chi connectivity index (χ3v) is 3.66. The molecule has 0 aliphatic heterocycles. The molecule has 0 fully saturated rings. The highest BCUT2D eigenvalue weighted by Gasteiger charge is 2.16. The van der Waals surface area contributed by atoms with Crippen LogP contribution >= 0.6 is 0 Å². The molecule has 21 heavy (non-hydrogen) atoms. The third-order valence-electron chi connectivity index (χ3n) is 3.66. The number of aromatic nitrogens is 2. The van der Waals surface area contributed by atoms with Crippen LogP contribution in [0.4, 0.5) is 10.1 Å². The minimum atomic E-state index is -0.260. The fourth-order valence-corrected chi connectivity index (χ4v) is 2.56. The first-order valence-corrected chi connectivity index (χ1v) is 7.22. The highest BCUT2D eigenvalue weighted by Crippen LogP contribution is 2.29. The minimum Gasteiger partial charge on any atom is -0.397 e. The number of nitrogens with zero attached hydrogens (tertiary/aromatic N) is 2. The summed E-state index contributed by atoms with van der Waals surface area (Å²) in [6.07, 6.45) is 2.08. The van der Waals surface area contributed by atoms with Crippen LogP contribution in [0.3, 0.4) is 0 Å². The van der Waals surface area contributed by atoms with Crippen molar-refractivity contribution in [1.82, 2.24) is 9.55 Å². The first-order valence-electron chi connectivity index (χ1n) is 7.22. The Labute approximate surface area is 123 Å². The lowest BCUT2D eigenvalue weighted by atomic mass is 10.2. The number of anilines is 1. The molecular formula is C17H18FN3. The van der Waals surface area contributed by atoms with Gasteiger partial charge in [0.2, 0.25) is 0 Å². The van der Waals surface area contributed by atoms with Crippen molar-refractivity contribution in [3.8, 4) is 11.4 Å². The standard InChI is InChI=1S/C17H18FN3/c1-2-3-11-21-15-10-6-9-14(19)16(15)20-17(21)12-7-4-5-8-13(12)18/h4-10H,2-3,11,19H2,1H3. The smallest absolute Gasteiger partial charge is 0.144 e. The topological polar surface area (TPSA) is 43.8 Å². The monoisotopic (exact) mass is 283 g/mol. The summed E-state index contributed by atoms with van der Waals surface area (Å²) in [5.41, 5.74) is 8.86. The molecule has 3 nitrogen and oxygen atoms in total. The predicted octanol–water partition coefficient (Wildman–Crippen LogP) is 4.22. The van der Waals surface area contributed by atoms with Crippen LogP contribution in [0.5, 0.6) is 0 Å². The van der Waals surface area contributed by atoms with Crippen LogP contribution in [-0.2, 0) is 6.54 Å². The average Bonchev–Trinajstić information content (AvgIpc) is 2.85. The number of halogens is 1. The Bertz CT molecular complexity index is 777. The quantitative estimate of drug-likeness (QED) is 0.728. The van der Waals surface area contributed by atoms with E-state index in [2.05, 4.69) is 16.5 Å². The number of nitrogen functional groups attached to an aromatic ring is 1. The zero-order valence-corrected chi connectivity index (χ0v) is 12.0. The maximum atomic E-state index is 14.1. The van der Waals surface area contributed by atoms with Gasteiger partial charge >= 0.3 is 0 Å². The van der Waals surface area contributed by atoms with Gasteiger partial charge < -0.3 is 10.3 Å². The molecule has 0 saturated heterocycles. The lowest BCUT2D eigenvalue weighted by Gasteiger charge is -2.09. The van der Waals surface area contributed by atoms with Gasteiger partial charge in [0.25, 0.3) is 0 Å². The third kappa shape index (κ3) is 2.37. The van der Waals surface area contributed by atoms with Gasteiger partial charge in [-0.3, -0.25) is 0 Å². The second kappa shape index (κ2) is 5.56. The van der Waals surface area contributed by atoms with Crippen LogP contribution < -0.4 is 5.73 Å². The summed E-state index contributed by atoms with van der Waals surface area (Å²) in [4.78, 5) is 4.59.